The summed E-state index contributed by atoms with van der Waals surface area (Å²) in [6.45, 7) is 0.699. The third kappa shape index (κ3) is 2.67. The number of carbonyl (C=O) groups excluding carboxylic acids is 1. The first-order chi connectivity index (χ1) is 12.8. The van der Waals surface area contributed by atoms with Gasteiger partial charge >= 0.3 is 0 Å². The van der Waals surface area contributed by atoms with E-state index in [0.29, 0.717) is 30.7 Å². The number of piperidine rings is 1. The highest BCUT2D eigenvalue weighted by Gasteiger charge is 2.35. The summed E-state index contributed by atoms with van der Waals surface area (Å²) in [5.74, 6) is 1.63. The summed E-state index contributed by atoms with van der Waals surface area (Å²) >= 11 is 0. The van der Waals surface area contributed by atoms with Crippen molar-refractivity contribution in [3.63, 3.8) is 0 Å². The highest BCUT2D eigenvalue weighted by molar-refractivity contribution is 5.80. The van der Waals surface area contributed by atoms with Gasteiger partial charge in [-0.3, -0.25) is 4.79 Å². The number of imidazole rings is 1. The van der Waals surface area contributed by atoms with Gasteiger partial charge in [0.25, 0.3) is 0 Å². The number of aromatic amines is 1. The second kappa shape index (κ2) is 6.23. The smallest absolute Gasteiger partial charge is 0.231 e. The van der Waals surface area contributed by atoms with Crippen molar-refractivity contribution in [2.24, 2.45) is 0 Å². The highest BCUT2D eigenvalue weighted by Crippen LogP contribution is 2.33. The molecule has 1 atom stereocenters. The predicted octanol–water partition coefficient (Wildman–Crippen LogP) is 3.26. The van der Waals surface area contributed by atoms with Crippen molar-refractivity contribution in [2.45, 2.75) is 50.5 Å². The maximum Gasteiger partial charge on any atom is 0.231 e. The van der Waals surface area contributed by atoms with Crippen molar-refractivity contribution in [3.8, 4) is 11.4 Å². The molecule has 0 unspecified atom stereocenters. The molecule has 2 aliphatic rings. The lowest BCUT2D eigenvalue weighted by Gasteiger charge is -2.35. The summed E-state index contributed by atoms with van der Waals surface area (Å²) in [5.41, 5.74) is 2.76. The van der Waals surface area contributed by atoms with E-state index in [1.54, 1.807) is 6.33 Å². The molecule has 7 heteroatoms. The Kier molecular flexibility index (Phi) is 3.72. The van der Waals surface area contributed by atoms with E-state index >= 15 is 0 Å². The minimum atomic E-state index is 0.130. The van der Waals surface area contributed by atoms with E-state index in [-0.39, 0.29) is 11.8 Å². The molecular formula is C19H21N5O2. The Morgan fingerprint density at radius 1 is 1.19 bits per heavy atom. The van der Waals surface area contributed by atoms with Crippen molar-refractivity contribution >= 4 is 16.9 Å². The fraction of sp³-hybridized carbons (Fsp3) is 0.474. The van der Waals surface area contributed by atoms with E-state index < -0.39 is 0 Å². The number of hydrogen-bond acceptors (Lipinski definition) is 5. The Morgan fingerprint density at radius 2 is 2.08 bits per heavy atom. The molecule has 3 aromatic rings. The van der Waals surface area contributed by atoms with Crippen LogP contribution in [0.2, 0.25) is 0 Å². The Hall–Kier alpha value is -2.70. The number of aromatic nitrogens is 4. The molecule has 5 rings (SSSR count). The molecule has 0 radical (unpaired) electrons. The van der Waals surface area contributed by atoms with Crippen LogP contribution in [0.1, 0.15) is 50.3 Å². The number of hydrogen-bond donors (Lipinski definition) is 1. The molecule has 2 aromatic heterocycles. The number of carbonyl (C=O) groups is 1. The van der Waals surface area contributed by atoms with Crippen LogP contribution < -0.4 is 0 Å². The van der Waals surface area contributed by atoms with Gasteiger partial charge < -0.3 is 14.4 Å². The molecule has 3 heterocycles. The van der Waals surface area contributed by atoms with Gasteiger partial charge in [0.05, 0.1) is 23.3 Å². The van der Waals surface area contributed by atoms with Crippen LogP contribution in [0.3, 0.4) is 0 Å². The van der Waals surface area contributed by atoms with Crippen LogP contribution in [0.15, 0.2) is 29.0 Å². The molecular weight excluding hydrogens is 330 g/mol. The van der Waals surface area contributed by atoms with Gasteiger partial charge in [-0.1, -0.05) is 18.0 Å². The standard InChI is InChI=1S/C19H21N5O2/c25-17-8-6-13(10-24(17)14-3-1-2-4-14)19-22-18(23-26-19)12-5-7-15-16(9-12)21-11-20-15/h5,7,9,11,13-14H,1-4,6,8,10H2,(H,20,21)/t13-/m0/s1. The molecule has 0 spiro atoms. The van der Waals surface area contributed by atoms with Crippen LogP contribution in [-0.2, 0) is 4.79 Å². The third-order valence-corrected chi connectivity index (χ3v) is 5.68. The van der Waals surface area contributed by atoms with Gasteiger partial charge in [-0.2, -0.15) is 4.98 Å². The molecule has 1 saturated carbocycles. The fourth-order valence-corrected chi connectivity index (χ4v) is 4.24. The number of rotatable bonds is 3. The molecule has 26 heavy (non-hydrogen) atoms. The topological polar surface area (TPSA) is 87.9 Å². The maximum absolute atomic E-state index is 12.3. The number of benzene rings is 1. The average molecular weight is 351 g/mol. The van der Waals surface area contributed by atoms with E-state index in [9.17, 15) is 4.79 Å². The first kappa shape index (κ1) is 15.5. The summed E-state index contributed by atoms with van der Waals surface area (Å²) in [5, 5.41) is 4.17. The zero-order valence-corrected chi connectivity index (χ0v) is 14.5. The monoisotopic (exact) mass is 351 g/mol. The third-order valence-electron chi connectivity index (χ3n) is 5.68. The molecule has 1 saturated heterocycles. The van der Waals surface area contributed by atoms with Crippen molar-refractivity contribution < 1.29 is 9.32 Å². The average Bonchev–Trinajstić information content (AvgIpc) is 3.41. The summed E-state index contributed by atoms with van der Waals surface area (Å²) in [6, 6.07) is 6.27. The number of H-pyrrole nitrogens is 1. The van der Waals surface area contributed by atoms with Crippen molar-refractivity contribution in [1.29, 1.82) is 0 Å². The lowest BCUT2D eigenvalue weighted by Crippen LogP contribution is -2.44. The van der Waals surface area contributed by atoms with Crippen molar-refractivity contribution in [3.05, 3.63) is 30.4 Å². The molecule has 134 valence electrons. The first-order valence-electron chi connectivity index (χ1n) is 9.34. The summed E-state index contributed by atoms with van der Waals surface area (Å²) < 4.78 is 5.57. The van der Waals surface area contributed by atoms with Crippen LogP contribution in [0.5, 0.6) is 0 Å². The SMILES string of the molecule is O=C1CC[C@H](c2nc(-c3ccc4nc[nH]c4c3)no2)CN1C1CCCC1. The highest BCUT2D eigenvalue weighted by atomic mass is 16.5. The van der Waals surface area contributed by atoms with Crippen LogP contribution in [0.4, 0.5) is 0 Å². The zero-order valence-electron chi connectivity index (χ0n) is 14.5. The summed E-state index contributed by atoms with van der Waals surface area (Å²) in [6.07, 6.45) is 7.71. The molecule has 1 aliphatic carbocycles. The maximum atomic E-state index is 12.3. The minimum absolute atomic E-state index is 0.130. The van der Waals surface area contributed by atoms with Gasteiger partial charge in [-0.15, -0.1) is 0 Å². The molecule has 1 aromatic carbocycles. The van der Waals surface area contributed by atoms with E-state index in [4.69, 9.17) is 4.52 Å². The van der Waals surface area contributed by atoms with E-state index in [1.807, 2.05) is 18.2 Å². The van der Waals surface area contributed by atoms with Crippen LogP contribution >= 0.6 is 0 Å². The van der Waals surface area contributed by atoms with E-state index in [2.05, 4.69) is 25.0 Å². The van der Waals surface area contributed by atoms with Gasteiger partial charge in [-0.05, 0) is 37.5 Å². The first-order valence-corrected chi connectivity index (χ1v) is 9.34. The molecule has 1 aliphatic heterocycles. The quantitative estimate of drug-likeness (QED) is 0.782. The number of nitrogens with one attached hydrogen (secondary N) is 1. The normalized spacial score (nSPS) is 21.8. The zero-order chi connectivity index (χ0) is 17.5. The van der Waals surface area contributed by atoms with Gasteiger partial charge in [-0.25, -0.2) is 4.98 Å². The molecule has 7 nitrogen and oxygen atoms in total. The van der Waals surface area contributed by atoms with Gasteiger partial charge in [0, 0.05) is 24.6 Å². The summed E-state index contributed by atoms with van der Waals surface area (Å²) in [7, 11) is 0. The second-order valence-electron chi connectivity index (χ2n) is 7.31. The molecule has 1 N–H and O–H groups in total. The van der Waals surface area contributed by atoms with Gasteiger partial charge in [0.15, 0.2) is 0 Å². The van der Waals surface area contributed by atoms with E-state index in [0.717, 1.165) is 35.9 Å². The number of likely N-dealkylation sites (tertiary alicyclic amines) is 1. The summed E-state index contributed by atoms with van der Waals surface area (Å²) in [4.78, 5) is 26.4. The Morgan fingerprint density at radius 3 is 2.96 bits per heavy atom. The Balaban J connectivity index is 1.38. The van der Waals surface area contributed by atoms with Crippen LogP contribution in [0.25, 0.3) is 22.4 Å². The lowest BCUT2D eigenvalue weighted by molar-refractivity contribution is -0.136. The number of nitrogens with zero attached hydrogens (tertiary/aromatic N) is 4. The van der Waals surface area contributed by atoms with Crippen LogP contribution in [0, 0.1) is 0 Å². The predicted molar refractivity (Wildman–Crippen MR) is 95.3 cm³/mol. The lowest BCUT2D eigenvalue weighted by atomic mass is 9.95. The number of amides is 1. The largest absolute Gasteiger partial charge is 0.345 e. The van der Waals surface area contributed by atoms with Crippen LogP contribution in [-0.4, -0.2) is 43.5 Å². The molecule has 1 amide bonds. The minimum Gasteiger partial charge on any atom is -0.345 e. The van der Waals surface area contributed by atoms with Crippen molar-refractivity contribution in [1.82, 2.24) is 25.0 Å². The molecule has 0 bridgehead atoms. The number of fused-ring (bicyclic) bond motifs is 1. The second-order valence-corrected chi connectivity index (χ2v) is 7.31. The molecule has 2 fully saturated rings. The van der Waals surface area contributed by atoms with Crippen molar-refractivity contribution in [2.75, 3.05) is 6.54 Å². The van der Waals surface area contributed by atoms with E-state index in [1.165, 1.54) is 12.8 Å². The Bertz CT molecular complexity index is 940. The van der Waals surface area contributed by atoms with Gasteiger partial charge in [0.2, 0.25) is 17.6 Å². The van der Waals surface area contributed by atoms with Gasteiger partial charge in [0.1, 0.15) is 0 Å². The Labute approximate surface area is 150 Å². The fourth-order valence-electron chi connectivity index (χ4n) is 4.24.